The van der Waals surface area contributed by atoms with E-state index in [2.05, 4.69) is 32.1 Å². The Kier molecular flexibility index (Phi) is 7.09. The van der Waals surface area contributed by atoms with Crippen molar-refractivity contribution in [2.24, 2.45) is 5.92 Å². The molecule has 0 spiro atoms. The number of unbranched alkanes of at least 4 members (excludes halogenated alkanes) is 3. The highest BCUT2D eigenvalue weighted by atomic mass is 16.1. The first-order valence-electron chi connectivity index (χ1n) is 6.97. The number of benzene rings is 1. The molecule has 0 unspecified atom stereocenters. The van der Waals surface area contributed by atoms with E-state index in [9.17, 15) is 4.79 Å². The molecule has 0 aromatic heterocycles. The van der Waals surface area contributed by atoms with Crippen LogP contribution in [0, 0.1) is 5.92 Å². The molecule has 0 N–H and O–H groups in total. The molecule has 0 aliphatic heterocycles. The molecule has 0 saturated heterocycles. The van der Waals surface area contributed by atoms with E-state index < -0.39 is 0 Å². The topological polar surface area (TPSA) is 17.1 Å². The molecular weight excluding hydrogens is 220 g/mol. The number of hydrogen-bond donors (Lipinski definition) is 0. The zero-order chi connectivity index (χ0) is 13.2. The van der Waals surface area contributed by atoms with Crippen LogP contribution in [0.3, 0.4) is 0 Å². The fraction of sp³-hybridized carbons (Fsp3) is 0.471. The van der Waals surface area contributed by atoms with Crippen LogP contribution >= 0.6 is 0 Å². The second kappa shape index (κ2) is 8.68. The van der Waals surface area contributed by atoms with Crippen molar-refractivity contribution >= 4 is 11.9 Å². The lowest BCUT2D eigenvalue weighted by Crippen LogP contribution is -1.99. The molecule has 0 aliphatic rings. The molecule has 98 valence electrons. The second-order valence-electron chi connectivity index (χ2n) is 4.86. The molecule has 0 radical (unpaired) electrons. The fourth-order valence-electron chi connectivity index (χ4n) is 2.12. The molecule has 1 rings (SSSR count). The summed E-state index contributed by atoms with van der Waals surface area (Å²) in [7, 11) is 0. The summed E-state index contributed by atoms with van der Waals surface area (Å²) in [5.41, 5.74) is 2.40. The van der Waals surface area contributed by atoms with Crippen LogP contribution in [0.5, 0.6) is 0 Å². The predicted octanol–water partition coefficient (Wildman–Crippen LogP) is 4.88. The van der Waals surface area contributed by atoms with Gasteiger partial charge >= 0.3 is 0 Å². The van der Waals surface area contributed by atoms with Crippen LogP contribution < -0.4 is 0 Å². The van der Waals surface area contributed by atoms with E-state index in [0.717, 1.165) is 19.1 Å². The second-order valence-corrected chi connectivity index (χ2v) is 4.86. The number of carbonyl (C=O) groups is 1. The first-order valence-corrected chi connectivity index (χ1v) is 6.97. The number of carbonyl (C=O) groups excluding carboxylic acids is 1. The summed E-state index contributed by atoms with van der Waals surface area (Å²) in [6.07, 6.45) is 9.06. The van der Waals surface area contributed by atoms with Crippen molar-refractivity contribution in [1.82, 2.24) is 0 Å². The third-order valence-electron chi connectivity index (χ3n) is 3.26. The van der Waals surface area contributed by atoms with Crippen molar-refractivity contribution in [2.45, 2.75) is 46.0 Å². The van der Waals surface area contributed by atoms with Crippen LogP contribution in [-0.2, 0) is 4.79 Å². The van der Waals surface area contributed by atoms with Gasteiger partial charge in [0.1, 0.15) is 6.29 Å². The minimum atomic E-state index is 0.0714. The standard InChI is InChI=1S/C17H24O/c1-3-4-5-7-10-16(14-18)13-15(2)17-11-8-6-9-12-17/h6,8-9,11-14,16H,3-5,7,10H2,1-2H3/b15-13+/t16-/m1/s1. The lowest BCUT2D eigenvalue weighted by Gasteiger charge is -2.08. The Morgan fingerprint density at radius 1 is 1.17 bits per heavy atom. The van der Waals surface area contributed by atoms with Gasteiger partial charge in [-0.15, -0.1) is 0 Å². The molecule has 0 fully saturated rings. The largest absolute Gasteiger partial charge is 0.303 e. The van der Waals surface area contributed by atoms with Crippen LogP contribution in [0.4, 0.5) is 0 Å². The van der Waals surface area contributed by atoms with Gasteiger partial charge in [0.25, 0.3) is 0 Å². The Balaban J connectivity index is 2.53. The molecule has 0 bridgehead atoms. The smallest absolute Gasteiger partial charge is 0.126 e. The summed E-state index contributed by atoms with van der Waals surface area (Å²) in [6, 6.07) is 10.3. The molecule has 1 heteroatoms. The average molecular weight is 244 g/mol. The molecule has 1 nitrogen and oxygen atoms in total. The molecule has 1 aromatic carbocycles. The Morgan fingerprint density at radius 3 is 2.50 bits per heavy atom. The van der Waals surface area contributed by atoms with E-state index in [1.165, 1.54) is 30.4 Å². The van der Waals surface area contributed by atoms with Crippen molar-refractivity contribution < 1.29 is 4.79 Å². The molecule has 1 atom stereocenters. The summed E-state index contributed by atoms with van der Waals surface area (Å²) >= 11 is 0. The monoisotopic (exact) mass is 244 g/mol. The Bertz CT molecular complexity index is 364. The Morgan fingerprint density at radius 2 is 1.89 bits per heavy atom. The van der Waals surface area contributed by atoms with E-state index in [1.54, 1.807) is 0 Å². The third kappa shape index (κ3) is 5.31. The van der Waals surface area contributed by atoms with Crippen molar-refractivity contribution in [3.63, 3.8) is 0 Å². The van der Waals surface area contributed by atoms with E-state index in [4.69, 9.17) is 0 Å². The summed E-state index contributed by atoms with van der Waals surface area (Å²) in [5, 5.41) is 0. The molecule has 0 heterocycles. The van der Waals surface area contributed by atoms with Gasteiger partial charge in [-0.3, -0.25) is 0 Å². The van der Waals surface area contributed by atoms with E-state index in [0.29, 0.717) is 0 Å². The van der Waals surface area contributed by atoms with Gasteiger partial charge in [-0.2, -0.15) is 0 Å². The molecule has 0 saturated carbocycles. The number of rotatable bonds is 8. The fourth-order valence-corrected chi connectivity index (χ4v) is 2.12. The first-order chi connectivity index (χ1) is 8.77. The average Bonchev–Trinajstić information content (AvgIpc) is 2.43. The number of allylic oxidation sites excluding steroid dienone is 2. The van der Waals surface area contributed by atoms with Gasteiger partial charge in [-0.05, 0) is 24.5 Å². The van der Waals surface area contributed by atoms with Crippen LogP contribution in [0.15, 0.2) is 36.4 Å². The zero-order valence-corrected chi connectivity index (χ0v) is 11.6. The highest BCUT2D eigenvalue weighted by molar-refractivity contribution is 5.68. The Hall–Kier alpha value is -1.37. The van der Waals surface area contributed by atoms with Gasteiger partial charge in [0, 0.05) is 5.92 Å². The quantitative estimate of drug-likeness (QED) is 0.470. The summed E-state index contributed by atoms with van der Waals surface area (Å²) in [6.45, 7) is 4.29. The van der Waals surface area contributed by atoms with Gasteiger partial charge < -0.3 is 4.79 Å². The molecular formula is C17H24O. The first kappa shape index (κ1) is 14.7. The highest BCUT2D eigenvalue weighted by Crippen LogP contribution is 2.18. The lowest BCUT2D eigenvalue weighted by atomic mass is 9.97. The lowest BCUT2D eigenvalue weighted by molar-refractivity contribution is -0.110. The molecule has 18 heavy (non-hydrogen) atoms. The number of hydrogen-bond acceptors (Lipinski definition) is 1. The normalized spacial score (nSPS) is 13.3. The van der Waals surface area contributed by atoms with Crippen LogP contribution in [-0.4, -0.2) is 6.29 Å². The summed E-state index contributed by atoms with van der Waals surface area (Å²) < 4.78 is 0. The maximum Gasteiger partial charge on any atom is 0.126 e. The predicted molar refractivity (Wildman–Crippen MR) is 78.4 cm³/mol. The van der Waals surface area contributed by atoms with E-state index >= 15 is 0 Å². The summed E-state index contributed by atoms with van der Waals surface area (Å²) in [4.78, 5) is 11.1. The number of aldehydes is 1. The minimum absolute atomic E-state index is 0.0714. The molecule has 0 amide bonds. The van der Waals surface area contributed by atoms with Crippen LogP contribution in [0.2, 0.25) is 0 Å². The maximum atomic E-state index is 11.1. The van der Waals surface area contributed by atoms with Crippen molar-refractivity contribution in [1.29, 1.82) is 0 Å². The van der Waals surface area contributed by atoms with Crippen molar-refractivity contribution in [3.8, 4) is 0 Å². The zero-order valence-electron chi connectivity index (χ0n) is 11.6. The van der Waals surface area contributed by atoms with Crippen LogP contribution in [0.25, 0.3) is 5.57 Å². The van der Waals surface area contributed by atoms with Gasteiger partial charge in [-0.25, -0.2) is 0 Å². The molecule has 1 aromatic rings. The third-order valence-corrected chi connectivity index (χ3v) is 3.26. The van der Waals surface area contributed by atoms with Gasteiger partial charge in [0.2, 0.25) is 0 Å². The SMILES string of the molecule is CCCCCC[C@@H](C=O)/C=C(\C)c1ccccc1. The minimum Gasteiger partial charge on any atom is -0.303 e. The Labute approximate surface area is 111 Å². The van der Waals surface area contributed by atoms with E-state index in [1.807, 2.05) is 18.2 Å². The van der Waals surface area contributed by atoms with Crippen molar-refractivity contribution in [2.75, 3.05) is 0 Å². The van der Waals surface area contributed by atoms with E-state index in [-0.39, 0.29) is 5.92 Å². The van der Waals surface area contributed by atoms with Gasteiger partial charge in [-0.1, -0.05) is 69.0 Å². The van der Waals surface area contributed by atoms with Crippen molar-refractivity contribution in [3.05, 3.63) is 42.0 Å². The van der Waals surface area contributed by atoms with Gasteiger partial charge in [0.05, 0.1) is 0 Å². The highest BCUT2D eigenvalue weighted by Gasteiger charge is 2.05. The summed E-state index contributed by atoms with van der Waals surface area (Å²) in [5.74, 6) is 0.0714. The molecule has 0 aliphatic carbocycles. The van der Waals surface area contributed by atoms with Gasteiger partial charge in [0.15, 0.2) is 0 Å². The van der Waals surface area contributed by atoms with Crippen LogP contribution in [0.1, 0.15) is 51.5 Å². The maximum absolute atomic E-state index is 11.1.